The number of carbonyl (C=O) groups is 1. The van der Waals surface area contributed by atoms with Crippen molar-refractivity contribution in [2.24, 2.45) is 0 Å². The van der Waals surface area contributed by atoms with Gasteiger partial charge in [-0.3, -0.25) is 4.79 Å². The zero-order chi connectivity index (χ0) is 15.2. The number of sulfonamides is 1. The maximum atomic E-state index is 12.0. The highest BCUT2D eigenvalue weighted by atomic mass is 32.2. The highest BCUT2D eigenvalue weighted by Crippen LogP contribution is 2.10. The van der Waals surface area contributed by atoms with Gasteiger partial charge in [-0.25, -0.2) is 13.1 Å². The molecule has 0 bridgehead atoms. The third-order valence-corrected chi connectivity index (χ3v) is 4.00. The van der Waals surface area contributed by atoms with Gasteiger partial charge in [-0.2, -0.15) is 0 Å². The van der Waals surface area contributed by atoms with Crippen molar-refractivity contribution in [3.05, 3.63) is 29.8 Å². The average molecular weight is 299 g/mol. The fourth-order valence-electron chi connectivity index (χ4n) is 1.51. The van der Waals surface area contributed by atoms with Crippen LogP contribution in [0.1, 0.15) is 5.56 Å². The van der Waals surface area contributed by atoms with Gasteiger partial charge in [0.05, 0.1) is 11.4 Å². The van der Waals surface area contributed by atoms with Crippen molar-refractivity contribution >= 4 is 15.9 Å². The number of aryl methyl sites for hydroxylation is 1. The monoisotopic (exact) mass is 299 g/mol. The molecule has 0 spiro atoms. The molecule has 2 N–H and O–H groups in total. The Bertz CT molecular complexity index is 556. The lowest BCUT2D eigenvalue weighted by Gasteiger charge is -2.11. The molecule has 0 heterocycles. The molecule has 0 aliphatic rings. The molecule has 0 aromatic heterocycles. The first-order valence-electron chi connectivity index (χ1n) is 6.29. The van der Waals surface area contributed by atoms with Gasteiger partial charge in [0.15, 0.2) is 0 Å². The van der Waals surface area contributed by atoms with Gasteiger partial charge < -0.3 is 10.2 Å². The zero-order valence-electron chi connectivity index (χ0n) is 12.0. The number of likely N-dealkylation sites (N-methyl/N-ethyl adjacent to an activating group) is 1. The van der Waals surface area contributed by atoms with Crippen LogP contribution in [0.3, 0.4) is 0 Å². The SMILES string of the molecule is Cc1cccc(S(=O)(=O)NCC(=O)NCCN(C)C)c1. The maximum absolute atomic E-state index is 12.0. The number of nitrogens with zero attached hydrogens (tertiary/aromatic N) is 1. The topological polar surface area (TPSA) is 78.5 Å². The number of benzene rings is 1. The summed E-state index contributed by atoms with van der Waals surface area (Å²) in [5.41, 5.74) is 0.850. The van der Waals surface area contributed by atoms with E-state index in [1.54, 1.807) is 12.1 Å². The van der Waals surface area contributed by atoms with Crippen molar-refractivity contribution in [2.75, 3.05) is 33.7 Å². The van der Waals surface area contributed by atoms with Crippen molar-refractivity contribution in [3.8, 4) is 0 Å². The molecule has 6 nitrogen and oxygen atoms in total. The van der Waals surface area contributed by atoms with Gasteiger partial charge in [0, 0.05) is 13.1 Å². The Kier molecular flexibility index (Phi) is 6.12. The highest BCUT2D eigenvalue weighted by molar-refractivity contribution is 7.89. The van der Waals surface area contributed by atoms with E-state index in [9.17, 15) is 13.2 Å². The van der Waals surface area contributed by atoms with E-state index in [1.165, 1.54) is 6.07 Å². The summed E-state index contributed by atoms with van der Waals surface area (Å²) in [7, 11) is 0.150. The molecule has 0 atom stereocenters. The summed E-state index contributed by atoms with van der Waals surface area (Å²) >= 11 is 0. The lowest BCUT2D eigenvalue weighted by Crippen LogP contribution is -2.39. The number of hydrogen-bond acceptors (Lipinski definition) is 4. The summed E-state index contributed by atoms with van der Waals surface area (Å²) in [6.45, 7) is 2.74. The molecule has 0 radical (unpaired) electrons. The summed E-state index contributed by atoms with van der Waals surface area (Å²) < 4.78 is 26.2. The number of carbonyl (C=O) groups excluding carboxylic acids is 1. The second kappa shape index (κ2) is 7.37. The molecule has 0 saturated carbocycles. The average Bonchev–Trinajstić information content (AvgIpc) is 2.36. The molecule has 0 fully saturated rings. The van der Waals surface area contributed by atoms with E-state index >= 15 is 0 Å². The van der Waals surface area contributed by atoms with Crippen LogP contribution in [0.5, 0.6) is 0 Å². The second-order valence-corrected chi connectivity index (χ2v) is 6.56. The predicted octanol–water partition coefficient (Wildman–Crippen LogP) is -0.0489. The third kappa shape index (κ3) is 5.68. The van der Waals surface area contributed by atoms with Crippen LogP contribution in [-0.2, 0) is 14.8 Å². The van der Waals surface area contributed by atoms with Crippen molar-refractivity contribution in [1.29, 1.82) is 0 Å². The first kappa shape index (κ1) is 16.6. The standard InChI is InChI=1S/C13H21N3O3S/c1-11-5-4-6-12(9-11)20(18,19)15-10-13(17)14-7-8-16(2)3/h4-6,9,15H,7-8,10H2,1-3H3,(H,14,17). The van der Waals surface area contributed by atoms with Crippen molar-refractivity contribution in [1.82, 2.24) is 14.9 Å². The Labute approximate surface area is 120 Å². The molecule has 0 unspecified atom stereocenters. The van der Waals surface area contributed by atoms with Crippen LogP contribution in [0, 0.1) is 6.92 Å². The van der Waals surface area contributed by atoms with Crippen LogP contribution in [0.2, 0.25) is 0 Å². The Balaban J connectivity index is 2.50. The van der Waals surface area contributed by atoms with Crippen molar-refractivity contribution < 1.29 is 13.2 Å². The van der Waals surface area contributed by atoms with Gasteiger partial charge in [-0.05, 0) is 38.7 Å². The quantitative estimate of drug-likeness (QED) is 0.740. The Hall–Kier alpha value is -1.44. The Morgan fingerprint density at radius 3 is 2.60 bits per heavy atom. The molecule has 0 aliphatic heterocycles. The molecule has 20 heavy (non-hydrogen) atoms. The Morgan fingerprint density at radius 1 is 1.30 bits per heavy atom. The van der Waals surface area contributed by atoms with Crippen LogP contribution in [0.4, 0.5) is 0 Å². The fourth-order valence-corrected chi connectivity index (χ4v) is 2.59. The number of amides is 1. The molecule has 1 rings (SSSR count). The third-order valence-electron chi connectivity index (χ3n) is 2.60. The van der Waals surface area contributed by atoms with E-state index in [0.29, 0.717) is 13.1 Å². The summed E-state index contributed by atoms with van der Waals surface area (Å²) in [4.78, 5) is 13.6. The molecule has 1 amide bonds. The first-order valence-corrected chi connectivity index (χ1v) is 7.77. The number of nitrogens with one attached hydrogen (secondary N) is 2. The number of rotatable bonds is 7. The van der Waals surface area contributed by atoms with Crippen LogP contribution >= 0.6 is 0 Å². The van der Waals surface area contributed by atoms with Gasteiger partial charge >= 0.3 is 0 Å². The minimum Gasteiger partial charge on any atom is -0.354 e. The molecule has 0 saturated heterocycles. The van der Waals surface area contributed by atoms with Gasteiger partial charge in [0.1, 0.15) is 0 Å². The molecule has 0 aliphatic carbocycles. The maximum Gasteiger partial charge on any atom is 0.241 e. The minimum absolute atomic E-state index is 0.165. The van der Waals surface area contributed by atoms with Crippen LogP contribution in [0.15, 0.2) is 29.2 Å². The number of hydrogen-bond donors (Lipinski definition) is 2. The van der Waals surface area contributed by atoms with Gasteiger partial charge in [0.2, 0.25) is 15.9 Å². The van der Waals surface area contributed by atoms with E-state index in [2.05, 4.69) is 10.0 Å². The van der Waals surface area contributed by atoms with Crippen LogP contribution in [0.25, 0.3) is 0 Å². The highest BCUT2D eigenvalue weighted by Gasteiger charge is 2.15. The normalized spacial score (nSPS) is 11.6. The summed E-state index contributed by atoms with van der Waals surface area (Å²) in [6.07, 6.45) is 0. The molecule has 1 aromatic rings. The first-order chi connectivity index (χ1) is 9.31. The minimum atomic E-state index is -3.64. The fraction of sp³-hybridized carbons (Fsp3) is 0.462. The lowest BCUT2D eigenvalue weighted by molar-refractivity contribution is -0.119. The molecule has 112 valence electrons. The molecule has 1 aromatic carbocycles. The van der Waals surface area contributed by atoms with Gasteiger partial charge in [-0.1, -0.05) is 12.1 Å². The van der Waals surface area contributed by atoms with Gasteiger partial charge in [0.25, 0.3) is 0 Å². The van der Waals surface area contributed by atoms with Gasteiger partial charge in [-0.15, -0.1) is 0 Å². The smallest absolute Gasteiger partial charge is 0.241 e. The van der Waals surface area contributed by atoms with Crippen molar-refractivity contribution in [2.45, 2.75) is 11.8 Å². The van der Waals surface area contributed by atoms with Crippen molar-refractivity contribution in [3.63, 3.8) is 0 Å². The van der Waals surface area contributed by atoms with E-state index in [1.807, 2.05) is 32.0 Å². The molecular formula is C13H21N3O3S. The van der Waals surface area contributed by atoms with E-state index in [-0.39, 0.29) is 17.3 Å². The lowest BCUT2D eigenvalue weighted by atomic mass is 10.2. The summed E-state index contributed by atoms with van der Waals surface area (Å²) in [5.74, 6) is -0.344. The van der Waals surface area contributed by atoms with E-state index < -0.39 is 10.0 Å². The molecule has 7 heteroatoms. The zero-order valence-corrected chi connectivity index (χ0v) is 12.8. The predicted molar refractivity (Wildman–Crippen MR) is 77.9 cm³/mol. The largest absolute Gasteiger partial charge is 0.354 e. The Morgan fingerprint density at radius 2 is 2.00 bits per heavy atom. The van der Waals surface area contributed by atoms with E-state index in [0.717, 1.165) is 5.56 Å². The summed E-state index contributed by atoms with van der Waals surface area (Å²) in [6, 6.07) is 6.54. The summed E-state index contributed by atoms with van der Waals surface area (Å²) in [5, 5.41) is 2.64. The second-order valence-electron chi connectivity index (χ2n) is 4.79. The van der Waals surface area contributed by atoms with Crippen LogP contribution < -0.4 is 10.0 Å². The van der Waals surface area contributed by atoms with E-state index in [4.69, 9.17) is 0 Å². The molecular weight excluding hydrogens is 278 g/mol. The van der Waals surface area contributed by atoms with Crippen LogP contribution in [-0.4, -0.2) is 53.0 Å².